The van der Waals surface area contributed by atoms with Crippen LogP contribution in [0.3, 0.4) is 0 Å². The third-order valence-electron chi connectivity index (χ3n) is 12.5. The summed E-state index contributed by atoms with van der Waals surface area (Å²) in [5, 5.41) is 17.3. The number of nitrogens with one attached hydrogen (secondary N) is 3. The number of nitrogens with zero attached hydrogens (tertiary/aromatic N) is 4. The van der Waals surface area contributed by atoms with Crippen molar-refractivity contribution in [3.63, 3.8) is 0 Å². The highest BCUT2D eigenvalue weighted by atomic mass is 16.7. The summed E-state index contributed by atoms with van der Waals surface area (Å²) in [7, 11) is 0. The number of rotatable bonds is 20. The van der Waals surface area contributed by atoms with E-state index in [1.54, 1.807) is 13.8 Å². The molecule has 67 heavy (non-hydrogen) atoms. The number of nitriles is 1. The number of esters is 2. The van der Waals surface area contributed by atoms with Gasteiger partial charge in [-0.05, 0) is 132 Å². The first kappa shape index (κ1) is 55.0. The Balaban J connectivity index is 1.31. The number of alkyl carbamates (subject to hydrolysis) is 1. The lowest BCUT2D eigenvalue weighted by atomic mass is 9.76. The van der Waals surface area contributed by atoms with Crippen LogP contribution < -0.4 is 16.2 Å². The van der Waals surface area contributed by atoms with Gasteiger partial charge in [0.05, 0.1) is 18.9 Å². The second kappa shape index (κ2) is 22.2. The van der Waals surface area contributed by atoms with Crippen molar-refractivity contribution in [2.75, 3.05) is 13.2 Å². The zero-order valence-corrected chi connectivity index (χ0v) is 42.7. The highest BCUT2D eigenvalue weighted by molar-refractivity contribution is 5.70. The van der Waals surface area contributed by atoms with Crippen molar-refractivity contribution in [2.45, 2.75) is 206 Å². The van der Waals surface area contributed by atoms with Gasteiger partial charge in [0.15, 0.2) is 0 Å². The molecule has 2 aliphatic heterocycles. The van der Waals surface area contributed by atoms with Crippen LogP contribution >= 0.6 is 0 Å². The lowest BCUT2D eigenvalue weighted by Crippen LogP contribution is -2.64. The first-order chi connectivity index (χ1) is 31.0. The fourth-order valence-electron chi connectivity index (χ4n) is 9.88. The van der Waals surface area contributed by atoms with Crippen LogP contribution in [-0.2, 0) is 33.5 Å². The fourth-order valence-corrected chi connectivity index (χ4v) is 9.88. The normalized spacial score (nSPS) is 21.3. The Morgan fingerprint density at radius 2 is 1.13 bits per heavy atom. The molecule has 4 atom stereocenters. The summed E-state index contributed by atoms with van der Waals surface area (Å²) < 4.78 is 17.2. The molecule has 0 aromatic heterocycles. The number of carbonyl (C=O) groups is 3. The maximum Gasteiger partial charge on any atom is 0.407 e. The van der Waals surface area contributed by atoms with Crippen molar-refractivity contribution < 1.29 is 38.3 Å². The van der Waals surface area contributed by atoms with E-state index in [2.05, 4.69) is 94.5 Å². The zero-order valence-electron chi connectivity index (χ0n) is 42.7. The fraction of sp³-hybridized carbons (Fsp3) is 0.673. The number of hydroxylamine groups is 4. The molecule has 2 heterocycles. The molecule has 0 bridgehead atoms. The number of hydrogen-bond acceptors (Lipinski definition) is 13. The standard InChI is InChI=1S/C52H79N7O8/c1-37-30-47(5,6)58(48(7,8)31-37)66-41(38-22-18-16-19-23-38)35-64-44(61)27-29-52(14,54-15)57-56-51(13,36-53)28-26-43(60)63-34-42(39-24-20-17-21-25-39)67-59-49(9,10)32-40(33-50(59,11)12)55-45(62)65-46(2,3)4/h16-25,37,40-42,56-57H,26-35H2,1-14H3,(H,55,62). The highest BCUT2D eigenvalue weighted by Crippen LogP contribution is 2.44. The SMILES string of the molecule is [C-]#[N+]C(C)(CCC(=O)OCC(ON1C(C)(C)CC(C)CC1(C)C)c1ccccc1)NNC(C)(C#N)CCC(=O)OCC(ON1C(C)(C)CC(NC(=O)OC(C)(C)C)CC1(C)C)c1ccccc1. The Morgan fingerprint density at radius 3 is 1.54 bits per heavy atom. The molecule has 0 spiro atoms. The summed E-state index contributed by atoms with van der Waals surface area (Å²) in [4.78, 5) is 56.5. The quantitative estimate of drug-likeness (QED) is 0.0497. The molecule has 15 heteroatoms. The Labute approximate surface area is 400 Å². The van der Waals surface area contributed by atoms with Gasteiger partial charge in [-0.25, -0.2) is 16.8 Å². The summed E-state index contributed by atoms with van der Waals surface area (Å²) in [5.74, 6) is -0.477. The molecule has 0 radical (unpaired) electrons. The van der Waals surface area contributed by atoms with Crippen molar-refractivity contribution in [1.29, 1.82) is 5.26 Å². The van der Waals surface area contributed by atoms with Crippen LogP contribution in [-0.4, -0.2) is 86.4 Å². The third kappa shape index (κ3) is 16.3. The number of amides is 1. The summed E-state index contributed by atoms with van der Waals surface area (Å²) in [5.41, 5.74) is 2.90. The van der Waals surface area contributed by atoms with Crippen LogP contribution in [0, 0.1) is 23.8 Å². The molecule has 370 valence electrons. The molecule has 4 unspecified atom stereocenters. The molecule has 1 amide bonds. The van der Waals surface area contributed by atoms with E-state index in [1.807, 2.05) is 86.5 Å². The minimum atomic E-state index is -1.28. The molecule has 2 aromatic rings. The molecule has 15 nitrogen and oxygen atoms in total. The number of hydrogen-bond donors (Lipinski definition) is 3. The predicted octanol–water partition coefficient (Wildman–Crippen LogP) is 9.83. The molecule has 2 fully saturated rings. The largest absolute Gasteiger partial charge is 0.462 e. The van der Waals surface area contributed by atoms with Gasteiger partial charge < -0.3 is 19.5 Å². The van der Waals surface area contributed by atoms with E-state index in [0.717, 1.165) is 24.0 Å². The van der Waals surface area contributed by atoms with Gasteiger partial charge in [0.25, 0.3) is 5.66 Å². The Morgan fingerprint density at radius 1 is 0.716 bits per heavy atom. The molecule has 3 N–H and O–H groups in total. The summed E-state index contributed by atoms with van der Waals surface area (Å²) in [6.07, 6.45) is 1.42. The van der Waals surface area contributed by atoms with Crippen molar-refractivity contribution in [2.24, 2.45) is 5.92 Å². The Bertz CT molecular complexity index is 2010. The van der Waals surface area contributed by atoms with E-state index in [1.165, 1.54) is 0 Å². The van der Waals surface area contributed by atoms with Crippen LogP contribution in [0.1, 0.15) is 172 Å². The van der Waals surface area contributed by atoms with E-state index >= 15 is 0 Å². The molecular formula is C52H79N7O8. The van der Waals surface area contributed by atoms with Crippen LogP contribution in [0.4, 0.5) is 4.79 Å². The number of benzene rings is 2. The number of piperidine rings is 2. The average molecular weight is 930 g/mol. The zero-order chi connectivity index (χ0) is 50.1. The highest BCUT2D eigenvalue weighted by Gasteiger charge is 2.49. The van der Waals surface area contributed by atoms with Crippen LogP contribution in [0.15, 0.2) is 60.7 Å². The Hall–Kier alpha value is -4.61. The minimum Gasteiger partial charge on any atom is -0.462 e. The molecular weight excluding hydrogens is 851 g/mol. The van der Waals surface area contributed by atoms with Gasteiger partial charge in [0.1, 0.15) is 36.6 Å². The van der Waals surface area contributed by atoms with E-state index in [9.17, 15) is 19.6 Å². The van der Waals surface area contributed by atoms with Gasteiger partial charge in [-0.1, -0.05) is 67.6 Å². The predicted molar refractivity (Wildman–Crippen MR) is 257 cm³/mol. The van der Waals surface area contributed by atoms with E-state index in [-0.39, 0.29) is 56.0 Å². The number of ether oxygens (including phenoxy) is 3. The van der Waals surface area contributed by atoms with Crippen molar-refractivity contribution in [3.05, 3.63) is 83.2 Å². The van der Waals surface area contributed by atoms with E-state index in [0.29, 0.717) is 18.8 Å². The molecule has 0 saturated carbocycles. The van der Waals surface area contributed by atoms with Gasteiger partial charge in [0, 0.05) is 41.5 Å². The maximum absolute atomic E-state index is 13.3. The first-order valence-electron chi connectivity index (χ1n) is 23.7. The van der Waals surface area contributed by atoms with E-state index in [4.69, 9.17) is 30.5 Å². The molecule has 2 aliphatic rings. The maximum atomic E-state index is 13.3. The summed E-state index contributed by atoms with van der Waals surface area (Å²) in [6.45, 7) is 35.8. The average Bonchev–Trinajstić information content (AvgIpc) is 3.22. The Kier molecular flexibility index (Phi) is 18.2. The second-order valence-corrected chi connectivity index (χ2v) is 22.6. The van der Waals surface area contributed by atoms with Crippen LogP contribution in [0.25, 0.3) is 4.85 Å². The summed E-state index contributed by atoms with van der Waals surface area (Å²) in [6, 6.07) is 21.3. The molecule has 4 rings (SSSR count). The lowest BCUT2D eigenvalue weighted by Gasteiger charge is -2.54. The van der Waals surface area contributed by atoms with Crippen molar-refractivity contribution in [1.82, 2.24) is 26.3 Å². The van der Waals surface area contributed by atoms with Crippen molar-refractivity contribution >= 4 is 18.0 Å². The summed E-state index contributed by atoms with van der Waals surface area (Å²) >= 11 is 0. The molecule has 0 aliphatic carbocycles. The van der Waals surface area contributed by atoms with Gasteiger partial charge in [-0.2, -0.15) is 20.8 Å². The lowest BCUT2D eigenvalue weighted by molar-refractivity contribution is -0.316. The third-order valence-corrected chi connectivity index (χ3v) is 12.5. The van der Waals surface area contributed by atoms with Crippen LogP contribution in [0.2, 0.25) is 0 Å². The topological polar surface area (TPSA) is 168 Å². The van der Waals surface area contributed by atoms with Crippen LogP contribution in [0.5, 0.6) is 0 Å². The van der Waals surface area contributed by atoms with Gasteiger partial charge in [-0.3, -0.25) is 24.1 Å². The first-order valence-corrected chi connectivity index (χ1v) is 23.7. The molecule has 2 saturated heterocycles. The number of carbonyl (C=O) groups excluding carboxylic acids is 3. The monoisotopic (exact) mass is 930 g/mol. The minimum absolute atomic E-state index is 0.00790. The number of hydrazine groups is 1. The van der Waals surface area contributed by atoms with Gasteiger partial charge in [-0.15, -0.1) is 0 Å². The van der Waals surface area contributed by atoms with Gasteiger partial charge in [0.2, 0.25) is 0 Å². The smallest absolute Gasteiger partial charge is 0.407 e. The second-order valence-electron chi connectivity index (χ2n) is 22.6. The van der Waals surface area contributed by atoms with Gasteiger partial charge >= 0.3 is 18.0 Å². The van der Waals surface area contributed by atoms with E-state index < -0.39 is 58.1 Å². The molecule has 2 aromatic carbocycles. The van der Waals surface area contributed by atoms with Crippen molar-refractivity contribution in [3.8, 4) is 6.07 Å².